The highest BCUT2D eigenvalue weighted by Gasteiger charge is 2.41. The highest BCUT2D eigenvalue weighted by atomic mass is 35.5. The molecule has 3 N–H and O–H groups in total. The third-order valence-electron chi connectivity index (χ3n) is 6.13. The van der Waals surface area contributed by atoms with Crippen molar-refractivity contribution in [2.75, 3.05) is 13.1 Å². The van der Waals surface area contributed by atoms with Gasteiger partial charge in [0.2, 0.25) is 0 Å². The van der Waals surface area contributed by atoms with Crippen molar-refractivity contribution in [3.05, 3.63) is 58.6 Å². The molecule has 154 valence electrons. The summed E-state index contributed by atoms with van der Waals surface area (Å²) in [6.45, 7) is 6.35. The SMILES string of the molecule is CC(C)N1CCC2(CC1)N=C(c1cc(Cl)ccc1O)C[C@@H](c1ccccc1O)N2. The maximum atomic E-state index is 10.5. The first-order valence-corrected chi connectivity index (χ1v) is 10.6. The quantitative estimate of drug-likeness (QED) is 0.694. The molecule has 6 heteroatoms. The van der Waals surface area contributed by atoms with Gasteiger partial charge in [0.25, 0.3) is 0 Å². The summed E-state index contributed by atoms with van der Waals surface area (Å²) in [6, 6.07) is 12.9. The van der Waals surface area contributed by atoms with E-state index in [4.69, 9.17) is 16.6 Å². The molecule has 1 fully saturated rings. The van der Waals surface area contributed by atoms with E-state index in [1.54, 1.807) is 24.3 Å². The Morgan fingerprint density at radius 3 is 2.52 bits per heavy atom. The summed E-state index contributed by atoms with van der Waals surface area (Å²) >= 11 is 6.22. The van der Waals surface area contributed by atoms with E-state index in [1.807, 2.05) is 18.2 Å². The Hall–Kier alpha value is -2.08. The van der Waals surface area contributed by atoms with E-state index in [1.165, 1.54) is 0 Å². The molecule has 2 aliphatic heterocycles. The van der Waals surface area contributed by atoms with Crippen LogP contribution in [0.15, 0.2) is 47.5 Å². The van der Waals surface area contributed by atoms with Crippen molar-refractivity contribution in [1.29, 1.82) is 0 Å². The summed E-state index contributed by atoms with van der Waals surface area (Å²) in [5.41, 5.74) is 1.94. The zero-order valence-corrected chi connectivity index (χ0v) is 17.7. The first kappa shape index (κ1) is 20.2. The van der Waals surface area contributed by atoms with Gasteiger partial charge in [-0.25, -0.2) is 0 Å². The molecule has 2 heterocycles. The van der Waals surface area contributed by atoms with Crippen LogP contribution in [-0.2, 0) is 0 Å². The third kappa shape index (κ3) is 4.13. The monoisotopic (exact) mass is 413 g/mol. The second-order valence-electron chi connectivity index (χ2n) is 8.34. The molecule has 4 rings (SSSR count). The van der Waals surface area contributed by atoms with E-state index >= 15 is 0 Å². The molecule has 2 aliphatic rings. The van der Waals surface area contributed by atoms with Crippen LogP contribution in [0.5, 0.6) is 11.5 Å². The molecule has 0 aromatic heterocycles. The molecule has 1 atom stereocenters. The second kappa shape index (κ2) is 7.98. The predicted molar refractivity (Wildman–Crippen MR) is 117 cm³/mol. The van der Waals surface area contributed by atoms with Gasteiger partial charge in [0.1, 0.15) is 17.2 Å². The molecule has 2 aromatic carbocycles. The van der Waals surface area contributed by atoms with Crippen LogP contribution in [0, 0.1) is 0 Å². The fourth-order valence-electron chi connectivity index (χ4n) is 4.45. The van der Waals surface area contributed by atoms with Crippen molar-refractivity contribution < 1.29 is 10.2 Å². The smallest absolute Gasteiger partial charge is 0.124 e. The predicted octanol–water partition coefficient (Wildman–Crippen LogP) is 4.48. The van der Waals surface area contributed by atoms with Gasteiger partial charge in [-0.15, -0.1) is 0 Å². The van der Waals surface area contributed by atoms with Crippen LogP contribution in [0.25, 0.3) is 0 Å². The Bertz CT molecular complexity index is 920. The lowest BCUT2D eigenvalue weighted by Gasteiger charge is -2.46. The molecular formula is C23H28ClN3O2. The molecular weight excluding hydrogens is 386 g/mol. The van der Waals surface area contributed by atoms with Crippen molar-refractivity contribution in [3.63, 3.8) is 0 Å². The highest BCUT2D eigenvalue weighted by molar-refractivity contribution is 6.31. The molecule has 2 aromatic rings. The van der Waals surface area contributed by atoms with Gasteiger partial charge in [-0.3, -0.25) is 10.3 Å². The molecule has 0 saturated carbocycles. The number of phenols is 2. The third-order valence-corrected chi connectivity index (χ3v) is 6.36. The maximum Gasteiger partial charge on any atom is 0.124 e. The number of piperidine rings is 1. The van der Waals surface area contributed by atoms with E-state index in [0.29, 0.717) is 23.0 Å². The molecule has 0 bridgehead atoms. The van der Waals surface area contributed by atoms with Crippen molar-refractivity contribution >= 4 is 17.3 Å². The zero-order chi connectivity index (χ0) is 20.6. The van der Waals surface area contributed by atoms with Crippen molar-refractivity contribution in [1.82, 2.24) is 10.2 Å². The van der Waals surface area contributed by atoms with Gasteiger partial charge in [-0.05, 0) is 51.0 Å². The second-order valence-corrected chi connectivity index (χ2v) is 8.78. The van der Waals surface area contributed by atoms with Crippen molar-refractivity contribution in [2.45, 2.75) is 50.9 Å². The number of rotatable bonds is 3. The van der Waals surface area contributed by atoms with Crippen molar-refractivity contribution in [3.8, 4) is 11.5 Å². The number of likely N-dealkylation sites (tertiary alicyclic amines) is 1. The normalized spacial score (nSPS) is 22.1. The van der Waals surface area contributed by atoms with Crippen LogP contribution in [-0.4, -0.2) is 45.6 Å². The zero-order valence-electron chi connectivity index (χ0n) is 16.9. The van der Waals surface area contributed by atoms with Gasteiger partial charge < -0.3 is 15.1 Å². The average molecular weight is 414 g/mol. The summed E-state index contributed by atoms with van der Waals surface area (Å²) in [7, 11) is 0. The fraction of sp³-hybridized carbons (Fsp3) is 0.435. The molecule has 0 radical (unpaired) electrons. The molecule has 0 aliphatic carbocycles. The summed E-state index contributed by atoms with van der Waals surface area (Å²) in [5.74, 6) is 0.456. The van der Waals surface area contributed by atoms with Gasteiger partial charge in [-0.2, -0.15) is 0 Å². The van der Waals surface area contributed by atoms with Crippen LogP contribution in [0.3, 0.4) is 0 Å². The van der Waals surface area contributed by atoms with Crippen LogP contribution < -0.4 is 5.32 Å². The Morgan fingerprint density at radius 1 is 1.10 bits per heavy atom. The Morgan fingerprint density at radius 2 is 1.83 bits per heavy atom. The molecule has 29 heavy (non-hydrogen) atoms. The van der Waals surface area contributed by atoms with Crippen LogP contribution in [0.1, 0.15) is 50.3 Å². The van der Waals surface area contributed by atoms with Crippen LogP contribution in [0.4, 0.5) is 0 Å². The topological polar surface area (TPSA) is 68.1 Å². The minimum Gasteiger partial charge on any atom is -0.508 e. The molecule has 1 saturated heterocycles. The van der Waals surface area contributed by atoms with Gasteiger partial charge in [0.15, 0.2) is 0 Å². The lowest BCUT2D eigenvalue weighted by atomic mass is 9.87. The number of nitrogens with one attached hydrogen (secondary N) is 1. The van der Waals surface area contributed by atoms with Gasteiger partial charge >= 0.3 is 0 Å². The van der Waals surface area contributed by atoms with E-state index in [2.05, 4.69) is 24.1 Å². The lowest BCUT2D eigenvalue weighted by Crippen LogP contribution is -2.56. The van der Waals surface area contributed by atoms with E-state index in [-0.39, 0.29) is 17.5 Å². The minimum absolute atomic E-state index is 0.0901. The summed E-state index contributed by atoms with van der Waals surface area (Å²) in [4.78, 5) is 7.58. The molecule has 0 amide bonds. The highest BCUT2D eigenvalue weighted by Crippen LogP contribution is 2.39. The summed E-state index contributed by atoms with van der Waals surface area (Å²) in [5, 5.41) is 25.2. The molecule has 0 unspecified atom stereocenters. The Kier molecular flexibility index (Phi) is 5.56. The van der Waals surface area contributed by atoms with E-state index in [0.717, 1.165) is 37.2 Å². The number of aliphatic imine (C=N–C) groups is 1. The number of phenolic OH excluding ortho intramolecular Hbond substituents is 2. The van der Waals surface area contributed by atoms with Gasteiger partial charge in [0.05, 0.1) is 0 Å². The van der Waals surface area contributed by atoms with E-state index < -0.39 is 5.66 Å². The lowest BCUT2D eigenvalue weighted by molar-refractivity contribution is 0.103. The van der Waals surface area contributed by atoms with Crippen LogP contribution in [0.2, 0.25) is 5.02 Å². The summed E-state index contributed by atoms with van der Waals surface area (Å²) in [6.07, 6.45) is 2.32. The Balaban J connectivity index is 1.74. The largest absolute Gasteiger partial charge is 0.508 e. The van der Waals surface area contributed by atoms with Gasteiger partial charge in [0, 0.05) is 53.5 Å². The maximum absolute atomic E-state index is 10.5. The summed E-state index contributed by atoms with van der Waals surface area (Å²) < 4.78 is 0. The standard InChI is InChI=1S/C23H28ClN3O2/c1-15(2)27-11-9-23(10-12-27)25-19(17-5-3-4-6-21(17)28)14-20(26-23)18-13-16(24)7-8-22(18)29/h3-8,13,15,19,25,28-29H,9-12,14H2,1-2H3/t19-/m0/s1. The number of hydrogen-bond donors (Lipinski definition) is 3. The fourth-order valence-corrected chi connectivity index (χ4v) is 4.62. The average Bonchev–Trinajstić information content (AvgIpc) is 2.70. The number of hydrogen-bond acceptors (Lipinski definition) is 5. The number of halogens is 1. The number of nitrogens with zero attached hydrogens (tertiary/aromatic N) is 2. The first-order chi connectivity index (χ1) is 13.9. The number of para-hydroxylation sites is 1. The van der Waals surface area contributed by atoms with Crippen LogP contribution >= 0.6 is 11.6 Å². The van der Waals surface area contributed by atoms with Gasteiger partial charge in [-0.1, -0.05) is 29.8 Å². The molecule has 5 nitrogen and oxygen atoms in total. The Labute approximate surface area is 177 Å². The first-order valence-electron chi connectivity index (χ1n) is 10.2. The number of benzene rings is 2. The van der Waals surface area contributed by atoms with E-state index in [9.17, 15) is 10.2 Å². The molecule has 1 spiro atoms. The number of aromatic hydroxyl groups is 2. The van der Waals surface area contributed by atoms with Crippen molar-refractivity contribution in [2.24, 2.45) is 4.99 Å². The minimum atomic E-state index is -0.416.